The van der Waals surface area contributed by atoms with Crippen LogP contribution in [-0.4, -0.2) is 27.4 Å². The molecule has 1 fully saturated rings. The molecule has 0 saturated heterocycles. The summed E-state index contributed by atoms with van der Waals surface area (Å²) in [6.07, 6.45) is 0. The number of nitriles is 1. The third kappa shape index (κ3) is 3.01. The van der Waals surface area contributed by atoms with Gasteiger partial charge >= 0.3 is 0 Å². The summed E-state index contributed by atoms with van der Waals surface area (Å²) >= 11 is 3.38. The topological polar surface area (TPSA) is 67.2 Å². The number of halogens is 1. The molecule has 6 heteroatoms. The van der Waals surface area contributed by atoms with Crippen LogP contribution < -0.4 is 0 Å². The maximum atomic E-state index is 13.2. The second-order valence-electron chi connectivity index (χ2n) is 6.39. The van der Waals surface area contributed by atoms with Crippen molar-refractivity contribution in [3.63, 3.8) is 0 Å². The summed E-state index contributed by atoms with van der Waals surface area (Å²) in [7, 11) is -2.15. The number of hydrogen-bond acceptors (Lipinski definition) is 4. The first-order valence-electron chi connectivity index (χ1n) is 7.83. The molecule has 0 heterocycles. The second-order valence-corrected chi connectivity index (χ2v) is 9.38. The quantitative estimate of drug-likeness (QED) is 0.737. The van der Waals surface area contributed by atoms with E-state index in [1.54, 1.807) is 24.3 Å². The van der Waals surface area contributed by atoms with Crippen molar-refractivity contribution in [3.8, 4) is 6.07 Å². The number of hydrogen-bond donors (Lipinski definition) is 0. The van der Waals surface area contributed by atoms with Gasteiger partial charge in [-0.05, 0) is 36.8 Å². The molecule has 3 rings (SSSR count). The van der Waals surface area contributed by atoms with Gasteiger partial charge in [0.25, 0.3) is 0 Å². The normalized spacial score (nSPS) is 25.4. The number of methoxy groups -OCH3 is 1. The summed E-state index contributed by atoms with van der Waals surface area (Å²) in [5.74, 6) is -0.406. The smallest absolute Gasteiger partial charge is 0.183 e. The molecule has 0 radical (unpaired) electrons. The summed E-state index contributed by atoms with van der Waals surface area (Å²) in [4.78, 5) is 0.249. The minimum absolute atomic E-state index is 0.0833. The molecule has 3 atom stereocenters. The lowest BCUT2D eigenvalue weighted by Crippen LogP contribution is -2.19. The first-order chi connectivity index (χ1) is 11.9. The average molecular weight is 420 g/mol. The Kier molecular flexibility index (Phi) is 4.76. The molecule has 0 spiro atoms. The number of ether oxygens (including phenoxy) is 1. The molecule has 0 bridgehead atoms. The van der Waals surface area contributed by atoms with E-state index in [2.05, 4.69) is 22.0 Å². The van der Waals surface area contributed by atoms with Crippen molar-refractivity contribution in [2.75, 3.05) is 13.7 Å². The summed E-state index contributed by atoms with van der Waals surface area (Å²) in [6.45, 7) is 1.99. The van der Waals surface area contributed by atoms with E-state index in [1.807, 2.05) is 31.2 Å². The third-order valence-electron chi connectivity index (χ3n) is 4.76. The monoisotopic (exact) mass is 419 g/mol. The van der Waals surface area contributed by atoms with Crippen LogP contribution in [0.3, 0.4) is 0 Å². The van der Waals surface area contributed by atoms with Gasteiger partial charge in [0.05, 0.1) is 22.8 Å². The van der Waals surface area contributed by atoms with Crippen molar-refractivity contribution in [1.82, 2.24) is 0 Å². The van der Waals surface area contributed by atoms with Gasteiger partial charge in [-0.15, -0.1) is 0 Å². The lowest BCUT2D eigenvalue weighted by atomic mass is 10.0. The van der Waals surface area contributed by atoms with Gasteiger partial charge in [-0.1, -0.05) is 45.8 Å². The molecular weight excluding hydrogens is 402 g/mol. The number of benzene rings is 2. The van der Waals surface area contributed by atoms with Crippen molar-refractivity contribution >= 4 is 25.8 Å². The SMILES string of the molecule is COC[C@@]1(C#N)[C@H](c2ccc(Br)cc2)[C@@H]1S(=O)(=O)c1ccc(C)cc1. The van der Waals surface area contributed by atoms with Crippen LogP contribution in [0.4, 0.5) is 0 Å². The fourth-order valence-corrected chi connectivity index (χ4v) is 6.03. The Balaban J connectivity index is 2.07. The Morgan fingerprint density at radius 3 is 2.28 bits per heavy atom. The fraction of sp³-hybridized carbons (Fsp3) is 0.316. The largest absolute Gasteiger partial charge is 0.383 e. The van der Waals surface area contributed by atoms with Crippen LogP contribution in [0, 0.1) is 23.7 Å². The summed E-state index contributed by atoms with van der Waals surface area (Å²) in [5, 5.41) is 8.98. The highest BCUT2D eigenvalue weighted by atomic mass is 79.9. The molecule has 2 aromatic carbocycles. The highest BCUT2D eigenvalue weighted by Crippen LogP contribution is 2.63. The lowest BCUT2D eigenvalue weighted by Gasteiger charge is -2.08. The molecule has 0 unspecified atom stereocenters. The van der Waals surface area contributed by atoms with Gasteiger partial charge in [0.2, 0.25) is 0 Å². The first-order valence-corrected chi connectivity index (χ1v) is 10.2. The van der Waals surface area contributed by atoms with Crippen molar-refractivity contribution in [1.29, 1.82) is 5.26 Å². The van der Waals surface area contributed by atoms with Crippen molar-refractivity contribution in [2.45, 2.75) is 23.0 Å². The van der Waals surface area contributed by atoms with E-state index >= 15 is 0 Å². The van der Waals surface area contributed by atoms with Crippen LogP contribution in [0.25, 0.3) is 0 Å². The van der Waals surface area contributed by atoms with E-state index in [9.17, 15) is 13.7 Å². The van der Waals surface area contributed by atoms with E-state index in [0.717, 1.165) is 15.6 Å². The Labute approximate surface area is 156 Å². The predicted octanol–water partition coefficient (Wildman–Crippen LogP) is 3.85. The molecule has 2 aromatic rings. The Hall–Kier alpha value is -1.68. The molecule has 1 saturated carbocycles. The van der Waals surface area contributed by atoms with E-state index < -0.39 is 26.4 Å². The average Bonchev–Trinajstić information content (AvgIpc) is 3.26. The Morgan fingerprint density at radius 2 is 1.76 bits per heavy atom. The maximum Gasteiger partial charge on any atom is 0.183 e. The summed E-state index contributed by atoms with van der Waals surface area (Å²) in [5.41, 5.74) is 0.761. The highest BCUT2D eigenvalue weighted by Gasteiger charge is 2.72. The minimum Gasteiger partial charge on any atom is -0.383 e. The van der Waals surface area contributed by atoms with E-state index in [1.165, 1.54) is 7.11 Å². The standard InChI is InChI=1S/C19H18BrNO3S/c1-13-3-9-16(10-4-13)25(22,23)18-17(19(18,11-21)12-24-2)14-5-7-15(20)8-6-14/h3-10,17-18H,12H2,1-2H3/t17-,18+,19+/m1/s1. The van der Waals surface area contributed by atoms with Crippen LogP contribution in [-0.2, 0) is 14.6 Å². The number of nitrogens with zero attached hydrogens (tertiary/aromatic N) is 1. The Morgan fingerprint density at radius 1 is 1.16 bits per heavy atom. The van der Waals surface area contributed by atoms with Crippen molar-refractivity contribution in [3.05, 3.63) is 64.1 Å². The zero-order valence-corrected chi connectivity index (χ0v) is 16.3. The van der Waals surface area contributed by atoms with Gasteiger partial charge < -0.3 is 4.74 Å². The van der Waals surface area contributed by atoms with Gasteiger partial charge in [-0.3, -0.25) is 0 Å². The molecular formula is C19H18BrNO3S. The predicted molar refractivity (Wildman–Crippen MR) is 99.0 cm³/mol. The first kappa shape index (κ1) is 18.1. The van der Waals surface area contributed by atoms with Gasteiger partial charge in [0.15, 0.2) is 9.84 Å². The van der Waals surface area contributed by atoms with Gasteiger partial charge in [-0.2, -0.15) is 5.26 Å². The highest BCUT2D eigenvalue weighted by molar-refractivity contribution is 9.10. The summed E-state index contributed by atoms with van der Waals surface area (Å²) in [6, 6.07) is 16.4. The molecule has 0 N–H and O–H groups in total. The van der Waals surface area contributed by atoms with Crippen molar-refractivity contribution < 1.29 is 13.2 Å². The van der Waals surface area contributed by atoms with E-state index in [-0.39, 0.29) is 11.5 Å². The lowest BCUT2D eigenvalue weighted by molar-refractivity contribution is 0.162. The molecule has 4 nitrogen and oxygen atoms in total. The van der Waals surface area contributed by atoms with Crippen molar-refractivity contribution in [2.24, 2.45) is 5.41 Å². The van der Waals surface area contributed by atoms with E-state index in [0.29, 0.717) is 0 Å². The van der Waals surface area contributed by atoms with Crippen LogP contribution >= 0.6 is 15.9 Å². The maximum absolute atomic E-state index is 13.2. The third-order valence-corrected chi connectivity index (χ3v) is 7.58. The second kappa shape index (κ2) is 6.56. The zero-order chi connectivity index (χ0) is 18.2. The van der Waals surface area contributed by atoms with E-state index in [4.69, 9.17) is 4.74 Å². The Bertz CT molecular complexity index is 917. The number of rotatable bonds is 5. The van der Waals surface area contributed by atoms with Crippen LogP contribution in [0.5, 0.6) is 0 Å². The van der Waals surface area contributed by atoms with Crippen LogP contribution in [0.15, 0.2) is 57.9 Å². The van der Waals surface area contributed by atoms with Crippen LogP contribution in [0.2, 0.25) is 0 Å². The number of sulfone groups is 1. The van der Waals surface area contributed by atoms with Gasteiger partial charge in [0, 0.05) is 17.5 Å². The minimum atomic E-state index is -3.65. The molecule has 1 aliphatic carbocycles. The summed E-state index contributed by atoms with van der Waals surface area (Å²) < 4.78 is 32.5. The molecule has 1 aliphatic rings. The molecule has 0 amide bonds. The molecule has 0 aromatic heterocycles. The zero-order valence-electron chi connectivity index (χ0n) is 13.9. The number of aryl methyl sites for hydroxylation is 1. The van der Waals surface area contributed by atoms with Crippen LogP contribution in [0.1, 0.15) is 17.0 Å². The molecule has 0 aliphatic heterocycles. The molecule has 25 heavy (non-hydrogen) atoms. The van der Waals surface area contributed by atoms with Gasteiger partial charge in [0.1, 0.15) is 5.41 Å². The fourth-order valence-electron chi connectivity index (χ4n) is 3.45. The van der Waals surface area contributed by atoms with Gasteiger partial charge in [-0.25, -0.2) is 8.42 Å². The molecule has 130 valence electrons.